The van der Waals surface area contributed by atoms with Gasteiger partial charge in [-0.05, 0) is 43.5 Å². The number of hydrogen-bond donors (Lipinski definition) is 0. The van der Waals surface area contributed by atoms with E-state index in [0.717, 1.165) is 32.1 Å². The molecule has 5 atom stereocenters. The summed E-state index contributed by atoms with van der Waals surface area (Å²) >= 11 is 0. The Morgan fingerprint density at radius 2 is 1.94 bits per heavy atom. The standard InChI is InChI=1S/C16H34NP/c1-6-8-9-14(4)16(13(3)7-2)17-11-10-15(12-17)18-5/h13-16,18H,6-12H2,1-5H3. The molecule has 0 amide bonds. The Morgan fingerprint density at radius 3 is 2.44 bits per heavy atom. The second-order valence-electron chi connectivity index (χ2n) is 6.26. The van der Waals surface area contributed by atoms with Gasteiger partial charge in [0.05, 0.1) is 0 Å². The van der Waals surface area contributed by atoms with Crippen molar-refractivity contribution in [2.75, 3.05) is 19.8 Å². The fourth-order valence-corrected chi connectivity index (χ4v) is 4.35. The van der Waals surface area contributed by atoms with Gasteiger partial charge in [0.15, 0.2) is 0 Å². The minimum atomic E-state index is 0.836. The van der Waals surface area contributed by atoms with Crippen LogP contribution in [-0.2, 0) is 0 Å². The van der Waals surface area contributed by atoms with E-state index in [1.54, 1.807) is 0 Å². The highest BCUT2D eigenvalue weighted by Gasteiger charge is 2.33. The van der Waals surface area contributed by atoms with E-state index >= 15 is 0 Å². The molecule has 0 N–H and O–H groups in total. The molecule has 1 aliphatic heterocycles. The SMILES string of the molecule is CCCCC(C)C(C(C)CC)N1CCC(PC)C1. The van der Waals surface area contributed by atoms with Gasteiger partial charge in [-0.2, -0.15) is 0 Å². The molecule has 0 aromatic heterocycles. The average molecular weight is 271 g/mol. The molecule has 18 heavy (non-hydrogen) atoms. The molecule has 1 saturated heterocycles. The van der Waals surface area contributed by atoms with E-state index in [0.29, 0.717) is 0 Å². The van der Waals surface area contributed by atoms with E-state index in [1.165, 1.54) is 45.2 Å². The third-order valence-corrected chi connectivity index (χ3v) is 6.16. The van der Waals surface area contributed by atoms with Crippen LogP contribution in [0, 0.1) is 11.8 Å². The third-order valence-electron chi connectivity index (χ3n) is 4.87. The fraction of sp³-hybridized carbons (Fsp3) is 1.00. The molecule has 0 aromatic rings. The minimum Gasteiger partial charge on any atom is -0.299 e. The molecule has 0 aromatic carbocycles. The van der Waals surface area contributed by atoms with E-state index in [9.17, 15) is 0 Å². The maximum atomic E-state index is 2.83. The van der Waals surface area contributed by atoms with Gasteiger partial charge in [0.1, 0.15) is 0 Å². The molecule has 0 bridgehead atoms. The lowest BCUT2D eigenvalue weighted by atomic mass is 9.85. The Kier molecular flexibility index (Phi) is 7.80. The van der Waals surface area contributed by atoms with Gasteiger partial charge in [-0.15, -0.1) is 8.58 Å². The minimum absolute atomic E-state index is 0.836. The van der Waals surface area contributed by atoms with E-state index in [1.807, 2.05) is 0 Å². The molecule has 1 heterocycles. The molecular formula is C16H34NP. The Bertz CT molecular complexity index is 219. The molecule has 1 aliphatic rings. The highest BCUT2D eigenvalue weighted by Crippen LogP contribution is 2.32. The summed E-state index contributed by atoms with van der Waals surface area (Å²) in [7, 11) is 1.14. The van der Waals surface area contributed by atoms with Crippen molar-refractivity contribution in [3.63, 3.8) is 0 Å². The van der Waals surface area contributed by atoms with E-state index < -0.39 is 0 Å². The Labute approximate surface area is 117 Å². The van der Waals surface area contributed by atoms with Gasteiger partial charge < -0.3 is 0 Å². The maximum absolute atomic E-state index is 2.83. The van der Waals surface area contributed by atoms with Gasteiger partial charge in [0.2, 0.25) is 0 Å². The molecule has 1 nitrogen and oxygen atoms in total. The first-order valence-corrected chi connectivity index (χ1v) is 9.63. The maximum Gasteiger partial charge on any atom is 0.0147 e. The summed E-state index contributed by atoms with van der Waals surface area (Å²) < 4.78 is 0. The molecule has 2 heteroatoms. The summed E-state index contributed by atoms with van der Waals surface area (Å²) in [6.07, 6.45) is 6.94. The van der Waals surface area contributed by atoms with Gasteiger partial charge in [-0.1, -0.05) is 47.0 Å². The average Bonchev–Trinajstić information content (AvgIpc) is 2.84. The highest BCUT2D eigenvalue weighted by molar-refractivity contribution is 7.38. The number of hydrogen-bond acceptors (Lipinski definition) is 1. The zero-order valence-corrected chi connectivity index (χ0v) is 14.2. The predicted molar refractivity (Wildman–Crippen MR) is 86.1 cm³/mol. The van der Waals surface area contributed by atoms with Crippen LogP contribution in [0.1, 0.15) is 59.8 Å². The van der Waals surface area contributed by atoms with Gasteiger partial charge >= 0.3 is 0 Å². The molecular weight excluding hydrogens is 237 g/mol. The summed E-state index contributed by atoms with van der Waals surface area (Å²) in [6.45, 7) is 14.8. The highest BCUT2D eigenvalue weighted by atomic mass is 31.1. The Morgan fingerprint density at radius 1 is 1.22 bits per heavy atom. The topological polar surface area (TPSA) is 3.24 Å². The molecule has 1 fully saturated rings. The molecule has 0 aliphatic carbocycles. The lowest BCUT2D eigenvalue weighted by molar-refractivity contribution is 0.120. The van der Waals surface area contributed by atoms with Crippen molar-refractivity contribution in [1.29, 1.82) is 0 Å². The van der Waals surface area contributed by atoms with Crippen LogP contribution in [0.2, 0.25) is 0 Å². The van der Waals surface area contributed by atoms with Crippen molar-refractivity contribution in [2.24, 2.45) is 11.8 Å². The van der Waals surface area contributed by atoms with Crippen molar-refractivity contribution >= 4 is 8.58 Å². The van der Waals surface area contributed by atoms with Crippen molar-refractivity contribution in [3.8, 4) is 0 Å². The summed E-state index contributed by atoms with van der Waals surface area (Å²) in [5, 5.41) is 0. The van der Waals surface area contributed by atoms with Gasteiger partial charge in [-0.3, -0.25) is 4.90 Å². The van der Waals surface area contributed by atoms with Crippen LogP contribution in [0.25, 0.3) is 0 Å². The monoisotopic (exact) mass is 271 g/mol. The summed E-state index contributed by atoms with van der Waals surface area (Å²) in [6, 6.07) is 0.836. The Hall–Kier alpha value is 0.390. The number of likely N-dealkylation sites (tertiary alicyclic amines) is 1. The quantitative estimate of drug-likeness (QED) is 0.583. The zero-order valence-electron chi connectivity index (χ0n) is 13.2. The van der Waals surface area contributed by atoms with Crippen molar-refractivity contribution in [1.82, 2.24) is 4.90 Å². The van der Waals surface area contributed by atoms with Gasteiger partial charge in [0.25, 0.3) is 0 Å². The summed E-state index contributed by atoms with van der Waals surface area (Å²) in [5.74, 6) is 1.73. The van der Waals surface area contributed by atoms with Crippen LogP contribution in [0.5, 0.6) is 0 Å². The number of unbranched alkanes of at least 4 members (excludes halogenated alkanes) is 1. The molecule has 1 rings (SSSR count). The largest absolute Gasteiger partial charge is 0.299 e. The second-order valence-corrected chi connectivity index (χ2v) is 7.66. The molecule has 5 unspecified atom stereocenters. The van der Waals surface area contributed by atoms with Crippen LogP contribution >= 0.6 is 8.58 Å². The Balaban J connectivity index is 2.60. The van der Waals surface area contributed by atoms with Crippen LogP contribution in [0.15, 0.2) is 0 Å². The van der Waals surface area contributed by atoms with Crippen molar-refractivity contribution in [2.45, 2.75) is 71.5 Å². The first kappa shape index (κ1) is 16.4. The first-order valence-electron chi connectivity index (χ1n) is 8.05. The summed E-state index contributed by atoms with van der Waals surface area (Å²) in [4.78, 5) is 2.83. The molecule has 0 spiro atoms. The fourth-order valence-electron chi connectivity index (χ4n) is 3.51. The number of nitrogens with zero attached hydrogens (tertiary/aromatic N) is 1. The van der Waals surface area contributed by atoms with Crippen molar-refractivity contribution in [3.05, 3.63) is 0 Å². The van der Waals surface area contributed by atoms with E-state index in [2.05, 4.69) is 39.3 Å². The zero-order chi connectivity index (χ0) is 13.5. The van der Waals surface area contributed by atoms with Crippen LogP contribution in [-0.4, -0.2) is 36.4 Å². The smallest absolute Gasteiger partial charge is 0.0147 e. The normalized spacial score (nSPS) is 26.8. The van der Waals surface area contributed by atoms with Gasteiger partial charge in [0, 0.05) is 12.6 Å². The molecule has 0 saturated carbocycles. The van der Waals surface area contributed by atoms with Gasteiger partial charge in [-0.25, -0.2) is 0 Å². The van der Waals surface area contributed by atoms with E-state index in [-0.39, 0.29) is 0 Å². The number of rotatable bonds is 8. The van der Waals surface area contributed by atoms with Crippen LogP contribution in [0.4, 0.5) is 0 Å². The molecule has 0 radical (unpaired) electrons. The van der Waals surface area contributed by atoms with Crippen molar-refractivity contribution < 1.29 is 0 Å². The lowest BCUT2D eigenvalue weighted by Crippen LogP contribution is -2.43. The predicted octanol–water partition coefficient (Wildman–Crippen LogP) is 4.61. The summed E-state index contributed by atoms with van der Waals surface area (Å²) in [5.41, 5.74) is 0.995. The van der Waals surface area contributed by atoms with E-state index in [4.69, 9.17) is 0 Å². The first-order chi connectivity index (χ1) is 8.63. The van der Waals surface area contributed by atoms with Crippen LogP contribution < -0.4 is 0 Å². The lowest BCUT2D eigenvalue weighted by Gasteiger charge is -2.37. The second kappa shape index (κ2) is 8.54. The third kappa shape index (κ3) is 4.49. The van der Waals surface area contributed by atoms with Crippen LogP contribution in [0.3, 0.4) is 0 Å². The molecule has 108 valence electrons.